The predicted molar refractivity (Wildman–Crippen MR) is 166 cm³/mol. The first-order valence-electron chi connectivity index (χ1n) is 13.3. The van der Waals surface area contributed by atoms with Crippen molar-refractivity contribution in [2.45, 2.75) is 25.3 Å². The Balaban J connectivity index is 1.51. The molecule has 1 amide bonds. The minimum absolute atomic E-state index is 0.0493. The largest absolute Gasteiger partial charge is 0.492 e. The number of carbonyl (C=O) groups is 2. The van der Waals surface area contributed by atoms with Gasteiger partial charge in [-0.1, -0.05) is 11.8 Å². The van der Waals surface area contributed by atoms with E-state index in [1.54, 1.807) is 41.1 Å². The molecule has 9 nitrogen and oxygen atoms in total. The van der Waals surface area contributed by atoms with Gasteiger partial charge in [-0.25, -0.2) is 4.99 Å². The molecular formula is C30H33N5O4S2. The van der Waals surface area contributed by atoms with Crippen molar-refractivity contribution in [2.24, 2.45) is 4.99 Å². The van der Waals surface area contributed by atoms with Gasteiger partial charge in [-0.05, 0) is 82.2 Å². The molecule has 1 aromatic heterocycles. The van der Waals surface area contributed by atoms with Crippen LogP contribution in [0.1, 0.15) is 30.0 Å². The molecule has 0 saturated carbocycles. The molecule has 0 bridgehead atoms. The Labute approximate surface area is 248 Å². The fourth-order valence-corrected chi connectivity index (χ4v) is 6.68. The summed E-state index contributed by atoms with van der Waals surface area (Å²) in [5, 5.41) is 4.66. The highest BCUT2D eigenvalue weighted by Gasteiger charge is 2.40. The molecule has 0 spiro atoms. The Morgan fingerprint density at radius 2 is 1.98 bits per heavy atom. The topological polar surface area (TPSA) is 90.6 Å². The van der Waals surface area contributed by atoms with Gasteiger partial charge in [0.2, 0.25) is 0 Å². The number of anilines is 2. The maximum Gasteiger partial charge on any atom is 0.269 e. The molecule has 0 unspecified atom stereocenters. The molecular weight excluding hydrogens is 558 g/mol. The minimum atomic E-state index is -0.150. The third-order valence-electron chi connectivity index (χ3n) is 6.55. The lowest BCUT2D eigenvalue weighted by atomic mass is 10.1. The molecule has 1 fully saturated rings. The second kappa shape index (κ2) is 12.5. The van der Waals surface area contributed by atoms with Crippen LogP contribution in [0.25, 0.3) is 0 Å². The molecule has 0 atom stereocenters. The van der Waals surface area contributed by atoms with Crippen LogP contribution >= 0.6 is 23.5 Å². The van der Waals surface area contributed by atoms with E-state index in [9.17, 15) is 9.59 Å². The van der Waals surface area contributed by atoms with Crippen molar-refractivity contribution in [3.63, 3.8) is 0 Å². The lowest BCUT2D eigenvalue weighted by molar-refractivity contribution is -0.122. The van der Waals surface area contributed by atoms with Crippen LogP contribution < -0.4 is 15.0 Å². The zero-order chi connectivity index (χ0) is 29.1. The van der Waals surface area contributed by atoms with Gasteiger partial charge in [0.1, 0.15) is 23.0 Å². The SMILES string of the molecule is CCNc1ccc(C(C)=O)cc1N=C1SC(=C2Sc3ccc(OCCN(C)C)cc3N2C)C(=O)N1Cc1ccco1. The zero-order valence-electron chi connectivity index (χ0n) is 23.8. The second-order valence-electron chi connectivity index (χ2n) is 9.86. The molecule has 1 saturated heterocycles. The van der Waals surface area contributed by atoms with E-state index in [0.717, 1.165) is 33.6 Å². The number of carbonyl (C=O) groups excluding carboxylic acids is 2. The van der Waals surface area contributed by atoms with Gasteiger partial charge in [0.15, 0.2) is 11.0 Å². The van der Waals surface area contributed by atoms with Crippen LogP contribution in [0.3, 0.4) is 0 Å². The quantitative estimate of drug-likeness (QED) is 0.224. The average molecular weight is 592 g/mol. The smallest absolute Gasteiger partial charge is 0.269 e. The molecule has 41 heavy (non-hydrogen) atoms. The van der Waals surface area contributed by atoms with Crippen LogP contribution in [-0.2, 0) is 11.3 Å². The third-order valence-corrected chi connectivity index (χ3v) is 8.98. The van der Waals surface area contributed by atoms with E-state index in [0.29, 0.717) is 40.2 Å². The second-order valence-corrected chi connectivity index (χ2v) is 11.9. The van der Waals surface area contributed by atoms with Gasteiger partial charge in [-0.3, -0.25) is 14.5 Å². The summed E-state index contributed by atoms with van der Waals surface area (Å²) in [6, 6.07) is 15.1. The van der Waals surface area contributed by atoms with Crippen LogP contribution in [-0.4, -0.2) is 67.5 Å². The number of amidine groups is 1. The average Bonchev–Trinajstić information content (AvgIpc) is 3.65. The summed E-state index contributed by atoms with van der Waals surface area (Å²) in [4.78, 5) is 38.4. The first-order valence-corrected chi connectivity index (χ1v) is 15.0. The molecule has 3 aromatic rings. The van der Waals surface area contributed by atoms with Crippen molar-refractivity contribution in [3.8, 4) is 5.75 Å². The highest BCUT2D eigenvalue weighted by Crippen LogP contribution is 2.51. The van der Waals surface area contributed by atoms with Crippen molar-refractivity contribution < 1.29 is 18.7 Å². The van der Waals surface area contributed by atoms with Crippen molar-refractivity contribution in [1.29, 1.82) is 0 Å². The summed E-state index contributed by atoms with van der Waals surface area (Å²) in [5.41, 5.74) is 2.93. The fraction of sp³-hybridized carbons (Fsp3) is 0.300. The highest BCUT2D eigenvalue weighted by molar-refractivity contribution is 8.19. The standard InChI is InChI=1S/C30H33N5O4S2/c1-6-31-23-11-9-20(19(2)36)16-24(23)32-30-35(18-22-8-7-14-38-22)28(37)27(41-30)29-34(5)25-17-21(10-12-26(25)40-29)39-15-13-33(3)4/h7-12,14,16-17,31H,6,13,15,18H2,1-5H3. The number of ether oxygens (including phenoxy) is 1. The number of likely N-dealkylation sites (N-methyl/N-ethyl adjacent to an activating group) is 1. The molecule has 2 aliphatic rings. The Hall–Kier alpha value is -3.67. The fourth-order valence-electron chi connectivity index (χ4n) is 4.36. The maximum atomic E-state index is 14.0. The summed E-state index contributed by atoms with van der Waals surface area (Å²) in [5.74, 6) is 1.24. The van der Waals surface area contributed by atoms with E-state index in [1.807, 2.05) is 63.3 Å². The van der Waals surface area contributed by atoms with Gasteiger partial charge in [-0.2, -0.15) is 0 Å². The maximum absolute atomic E-state index is 14.0. The van der Waals surface area contributed by atoms with Crippen LogP contribution in [0.4, 0.5) is 17.1 Å². The van der Waals surface area contributed by atoms with Crippen LogP contribution in [0.2, 0.25) is 0 Å². The number of Topliss-reactive ketones (excluding diaryl/α,β-unsaturated/α-hetero) is 1. The predicted octanol–water partition coefficient (Wildman–Crippen LogP) is 6.03. The van der Waals surface area contributed by atoms with Gasteiger partial charge >= 0.3 is 0 Å². The zero-order valence-corrected chi connectivity index (χ0v) is 25.4. The summed E-state index contributed by atoms with van der Waals surface area (Å²) in [6.07, 6.45) is 1.59. The molecule has 2 aromatic carbocycles. The first-order chi connectivity index (χ1) is 19.7. The summed E-state index contributed by atoms with van der Waals surface area (Å²) >= 11 is 2.89. The number of ketones is 1. The van der Waals surface area contributed by atoms with Gasteiger partial charge in [0.05, 0.1) is 34.9 Å². The van der Waals surface area contributed by atoms with E-state index in [2.05, 4.69) is 10.2 Å². The third kappa shape index (κ3) is 6.32. The number of hydrogen-bond acceptors (Lipinski definition) is 10. The Morgan fingerprint density at radius 3 is 2.68 bits per heavy atom. The van der Waals surface area contributed by atoms with Crippen LogP contribution in [0, 0.1) is 0 Å². The van der Waals surface area contributed by atoms with Crippen LogP contribution in [0.5, 0.6) is 5.75 Å². The number of nitrogens with one attached hydrogen (secondary N) is 1. The Morgan fingerprint density at radius 1 is 1.15 bits per heavy atom. The molecule has 1 N–H and O–H groups in total. The monoisotopic (exact) mass is 591 g/mol. The van der Waals surface area contributed by atoms with Crippen molar-refractivity contribution in [1.82, 2.24) is 9.80 Å². The molecule has 0 aliphatic carbocycles. The van der Waals surface area contributed by atoms with Gasteiger partial charge in [-0.15, -0.1) is 0 Å². The van der Waals surface area contributed by atoms with Gasteiger partial charge in [0.25, 0.3) is 5.91 Å². The molecule has 3 heterocycles. The summed E-state index contributed by atoms with van der Waals surface area (Å²) < 4.78 is 11.5. The first kappa shape index (κ1) is 28.8. The lowest BCUT2D eigenvalue weighted by Crippen LogP contribution is -2.29. The van der Waals surface area contributed by atoms with E-state index in [-0.39, 0.29) is 18.2 Å². The number of hydrogen-bond donors (Lipinski definition) is 1. The van der Waals surface area contributed by atoms with Crippen molar-refractivity contribution in [2.75, 3.05) is 51.1 Å². The van der Waals surface area contributed by atoms with E-state index in [1.165, 1.54) is 18.7 Å². The lowest BCUT2D eigenvalue weighted by Gasteiger charge is -2.17. The normalized spacial score (nSPS) is 17.6. The van der Waals surface area contributed by atoms with E-state index >= 15 is 0 Å². The summed E-state index contributed by atoms with van der Waals surface area (Å²) in [6.45, 7) is 5.87. The molecule has 11 heteroatoms. The minimum Gasteiger partial charge on any atom is -0.492 e. The Bertz CT molecular complexity index is 1520. The van der Waals surface area contributed by atoms with Gasteiger partial charge in [0, 0.05) is 36.7 Å². The van der Waals surface area contributed by atoms with E-state index in [4.69, 9.17) is 14.1 Å². The molecule has 2 aliphatic heterocycles. The Kier molecular flexibility index (Phi) is 8.77. The molecule has 0 radical (unpaired) electrons. The molecule has 214 valence electrons. The summed E-state index contributed by atoms with van der Waals surface area (Å²) in [7, 11) is 5.99. The van der Waals surface area contributed by atoms with Crippen molar-refractivity contribution in [3.05, 3.63) is 76.1 Å². The van der Waals surface area contributed by atoms with Gasteiger partial charge < -0.3 is 24.3 Å². The molecule has 5 rings (SSSR count). The highest BCUT2D eigenvalue weighted by atomic mass is 32.2. The number of furan rings is 1. The van der Waals surface area contributed by atoms with Crippen LogP contribution in [0.15, 0.2) is 79.0 Å². The van der Waals surface area contributed by atoms with Crippen molar-refractivity contribution >= 4 is 57.4 Å². The number of nitrogens with zero attached hydrogens (tertiary/aromatic N) is 4. The number of thioether (sulfide) groups is 2. The number of amides is 1. The number of fused-ring (bicyclic) bond motifs is 1. The number of benzene rings is 2. The number of aliphatic imine (C=N–C) groups is 1. The number of rotatable bonds is 10. The van der Waals surface area contributed by atoms with E-state index < -0.39 is 0 Å².